The Balaban J connectivity index is 2.17. The third-order valence-corrected chi connectivity index (χ3v) is 4.99. The normalized spacial score (nSPS) is 18.0. The van der Waals surface area contributed by atoms with Gasteiger partial charge in [0.2, 0.25) is 0 Å². The number of likely N-dealkylation sites (tertiary alicyclic amines) is 1. The molecule has 0 aromatic carbocycles. The molecule has 1 saturated heterocycles. The molecule has 0 unspecified atom stereocenters. The molecule has 1 fully saturated rings. The minimum atomic E-state index is -0.240. The largest absolute Gasteiger partial charge is 0.297 e. The molecule has 1 aliphatic heterocycles. The lowest BCUT2D eigenvalue weighted by Crippen LogP contribution is -2.32. The van der Waals surface area contributed by atoms with Crippen LogP contribution in [0.4, 0.5) is 0 Å². The Morgan fingerprint density at radius 2 is 2.05 bits per heavy atom. The van der Waals surface area contributed by atoms with Gasteiger partial charge in [0.05, 0.1) is 12.2 Å². The van der Waals surface area contributed by atoms with Crippen LogP contribution in [0.5, 0.6) is 0 Å². The molecule has 2 rings (SSSR count). The van der Waals surface area contributed by atoms with Gasteiger partial charge in [0, 0.05) is 5.41 Å². The highest BCUT2D eigenvalue weighted by molar-refractivity contribution is 7.13. The number of hydrogen-bond donors (Lipinski definition) is 2. The van der Waals surface area contributed by atoms with Crippen LogP contribution in [0.25, 0.3) is 0 Å². The second kappa shape index (κ2) is 6.42. The zero-order valence-corrected chi connectivity index (χ0v) is 14.2. The van der Waals surface area contributed by atoms with E-state index in [-0.39, 0.29) is 11.3 Å². The van der Waals surface area contributed by atoms with Crippen molar-refractivity contribution in [3.05, 3.63) is 15.6 Å². The highest BCUT2D eigenvalue weighted by Gasteiger charge is 2.27. The summed E-state index contributed by atoms with van der Waals surface area (Å²) in [5.74, 6) is 5.87. The van der Waals surface area contributed by atoms with Crippen molar-refractivity contribution >= 4 is 17.2 Å². The zero-order valence-electron chi connectivity index (χ0n) is 13.4. The van der Waals surface area contributed by atoms with Gasteiger partial charge in [-0.1, -0.05) is 27.7 Å². The maximum absolute atomic E-state index is 12.0. The van der Waals surface area contributed by atoms with E-state index in [4.69, 9.17) is 10.8 Å². The molecule has 118 valence electrons. The van der Waals surface area contributed by atoms with Gasteiger partial charge < -0.3 is 0 Å². The number of nitrogen functional groups attached to an aromatic ring is 1. The number of thiazole rings is 1. The molecule has 1 aromatic rings. The Morgan fingerprint density at radius 1 is 1.43 bits per heavy atom. The molecular formula is C15H26N4OS. The predicted octanol–water partition coefficient (Wildman–Crippen LogP) is 2.28. The van der Waals surface area contributed by atoms with Crippen molar-refractivity contribution in [2.75, 3.05) is 13.1 Å². The lowest BCUT2D eigenvalue weighted by molar-refractivity contribution is 0.0955. The molecule has 1 aliphatic rings. The highest BCUT2D eigenvalue weighted by atomic mass is 32.1. The fourth-order valence-corrected chi connectivity index (χ4v) is 3.79. The Morgan fingerprint density at radius 3 is 2.57 bits per heavy atom. The zero-order chi connectivity index (χ0) is 15.6. The molecule has 21 heavy (non-hydrogen) atoms. The first-order chi connectivity index (χ1) is 9.81. The summed E-state index contributed by atoms with van der Waals surface area (Å²) in [6.07, 6.45) is 2.49. The first kappa shape index (κ1) is 16.4. The molecule has 2 heterocycles. The predicted molar refractivity (Wildman–Crippen MR) is 86.1 cm³/mol. The number of nitrogens with zero attached hydrogens (tertiary/aromatic N) is 2. The van der Waals surface area contributed by atoms with Crippen LogP contribution in [0.2, 0.25) is 0 Å². The first-order valence-corrected chi connectivity index (χ1v) is 8.36. The molecule has 6 heteroatoms. The van der Waals surface area contributed by atoms with Gasteiger partial charge >= 0.3 is 0 Å². The number of nitrogens with one attached hydrogen (secondary N) is 1. The molecule has 0 radical (unpaired) electrons. The molecule has 0 saturated carbocycles. The number of rotatable bonds is 3. The topological polar surface area (TPSA) is 71.2 Å². The quantitative estimate of drug-likeness (QED) is 0.510. The van der Waals surface area contributed by atoms with Crippen molar-refractivity contribution < 1.29 is 4.79 Å². The Labute approximate surface area is 130 Å². The van der Waals surface area contributed by atoms with Crippen LogP contribution >= 0.6 is 11.3 Å². The number of aromatic nitrogens is 1. The lowest BCUT2D eigenvalue weighted by Gasteiger charge is -2.29. The highest BCUT2D eigenvalue weighted by Crippen LogP contribution is 2.30. The van der Waals surface area contributed by atoms with Gasteiger partial charge in [-0.15, -0.1) is 11.3 Å². The summed E-state index contributed by atoms with van der Waals surface area (Å²) < 4.78 is 0. The number of nitrogens with two attached hydrogens (primary N) is 1. The van der Waals surface area contributed by atoms with E-state index in [1.807, 2.05) is 0 Å². The summed E-state index contributed by atoms with van der Waals surface area (Å²) in [7, 11) is 0. The molecule has 1 amide bonds. The maximum Gasteiger partial charge on any atom is 0.277 e. The van der Waals surface area contributed by atoms with Crippen LogP contribution in [0.3, 0.4) is 0 Å². The van der Waals surface area contributed by atoms with E-state index in [2.05, 4.69) is 38.0 Å². The van der Waals surface area contributed by atoms with E-state index in [9.17, 15) is 4.79 Å². The standard InChI is InChI=1S/C15H26N4OS/c1-10-5-7-19(8-6-10)9-11-17-13(15(2,3)4)12(21-11)14(20)18-16/h10H,5-9,16H2,1-4H3,(H,18,20). The van der Waals surface area contributed by atoms with Crippen LogP contribution in [0, 0.1) is 5.92 Å². The van der Waals surface area contributed by atoms with Crippen molar-refractivity contribution in [2.45, 2.75) is 52.5 Å². The summed E-state index contributed by atoms with van der Waals surface area (Å²) in [5, 5.41) is 1.01. The fraction of sp³-hybridized carbons (Fsp3) is 0.733. The number of carbonyl (C=O) groups excluding carboxylic acids is 1. The Bertz CT molecular complexity index is 498. The number of amides is 1. The summed E-state index contributed by atoms with van der Waals surface area (Å²) >= 11 is 1.47. The van der Waals surface area contributed by atoms with E-state index in [1.54, 1.807) is 0 Å². The van der Waals surface area contributed by atoms with E-state index < -0.39 is 0 Å². The van der Waals surface area contributed by atoms with E-state index in [0.29, 0.717) is 4.88 Å². The number of carbonyl (C=O) groups is 1. The molecule has 1 aromatic heterocycles. The lowest BCUT2D eigenvalue weighted by atomic mass is 9.91. The van der Waals surface area contributed by atoms with Gasteiger partial charge in [-0.25, -0.2) is 10.8 Å². The second-order valence-electron chi connectivity index (χ2n) is 6.97. The molecule has 0 spiro atoms. The average molecular weight is 310 g/mol. The smallest absolute Gasteiger partial charge is 0.277 e. The number of hydrazine groups is 1. The minimum Gasteiger partial charge on any atom is -0.297 e. The van der Waals surface area contributed by atoms with Crippen molar-refractivity contribution in [3.8, 4) is 0 Å². The van der Waals surface area contributed by atoms with Crippen molar-refractivity contribution in [1.29, 1.82) is 0 Å². The molecule has 0 aliphatic carbocycles. The SMILES string of the molecule is CC1CCN(Cc2nc(C(C)(C)C)c(C(=O)NN)s2)CC1. The van der Waals surface area contributed by atoms with Gasteiger partial charge in [-0.05, 0) is 31.8 Å². The van der Waals surface area contributed by atoms with Gasteiger partial charge in [0.25, 0.3) is 5.91 Å². The molecule has 5 nitrogen and oxygen atoms in total. The summed E-state index contributed by atoms with van der Waals surface area (Å²) in [4.78, 5) is 19.7. The summed E-state index contributed by atoms with van der Waals surface area (Å²) in [5.41, 5.74) is 2.92. The van der Waals surface area contributed by atoms with E-state index >= 15 is 0 Å². The molecule has 3 N–H and O–H groups in total. The Kier molecular flexibility index (Phi) is 5.01. The number of piperidine rings is 1. The van der Waals surface area contributed by atoms with Gasteiger partial charge in [0.15, 0.2) is 0 Å². The van der Waals surface area contributed by atoms with Crippen LogP contribution in [-0.4, -0.2) is 28.9 Å². The number of hydrogen-bond acceptors (Lipinski definition) is 5. The van der Waals surface area contributed by atoms with Crippen LogP contribution in [0.15, 0.2) is 0 Å². The second-order valence-corrected chi connectivity index (χ2v) is 8.05. The van der Waals surface area contributed by atoms with Gasteiger partial charge in [-0.2, -0.15) is 0 Å². The van der Waals surface area contributed by atoms with E-state index in [1.165, 1.54) is 24.2 Å². The average Bonchev–Trinajstić information content (AvgIpc) is 2.84. The fourth-order valence-electron chi connectivity index (χ4n) is 2.57. The first-order valence-electron chi connectivity index (χ1n) is 7.54. The van der Waals surface area contributed by atoms with E-state index in [0.717, 1.165) is 36.3 Å². The van der Waals surface area contributed by atoms with Gasteiger partial charge in [0.1, 0.15) is 9.88 Å². The van der Waals surface area contributed by atoms with Crippen LogP contribution in [-0.2, 0) is 12.0 Å². The molecule has 0 bridgehead atoms. The summed E-state index contributed by atoms with van der Waals surface area (Å²) in [6, 6.07) is 0. The van der Waals surface area contributed by atoms with Gasteiger partial charge in [-0.3, -0.25) is 15.1 Å². The van der Waals surface area contributed by atoms with Crippen molar-refractivity contribution in [2.24, 2.45) is 11.8 Å². The molecular weight excluding hydrogens is 284 g/mol. The maximum atomic E-state index is 12.0. The minimum absolute atomic E-state index is 0.160. The van der Waals surface area contributed by atoms with Crippen LogP contribution in [0.1, 0.15) is 60.9 Å². The van der Waals surface area contributed by atoms with Crippen LogP contribution < -0.4 is 11.3 Å². The monoisotopic (exact) mass is 310 g/mol. The Hall–Kier alpha value is -0.980. The van der Waals surface area contributed by atoms with Crippen molar-refractivity contribution in [3.63, 3.8) is 0 Å². The summed E-state index contributed by atoms with van der Waals surface area (Å²) in [6.45, 7) is 11.6. The van der Waals surface area contributed by atoms with Crippen molar-refractivity contribution in [1.82, 2.24) is 15.3 Å². The third-order valence-electron chi connectivity index (χ3n) is 3.95. The molecule has 0 atom stereocenters. The third kappa shape index (κ3) is 4.02.